The molecule has 1 aromatic carbocycles. The molecule has 0 radical (unpaired) electrons. The van der Waals surface area contributed by atoms with E-state index in [-0.39, 0.29) is 35.3 Å². The van der Waals surface area contributed by atoms with E-state index < -0.39 is 5.82 Å². The van der Waals surface area contributed by atoms with Crippen molar-refractivity contribution in [2.75, 3.05) is 19.6 Å². The van der Waals surface area contributed by atoms with Crippen LogP contribution in [0.2, 0.25) is 0 Å². The monoisotopic (exact) mass is 367 g/mol. The van der Waals surface area contributed by atoms with Gasteiger partial charge in [0.1, 0.15) is 0 Å². The topological polar surface area (TPSA) is 53.5 Å². The molecule has 27 heavy (non-hydrogen) atoms. The number of nitrogens with zero attached hydrogens (tertiary/aromatic N) is 3. The van der Waals surface area contributed by atoms with Crippen LogP contribution in [0.15, 0.2) is 42.7 Å². The Balaban J connectivity index is 1.63. The Bertz CT molecular complexity index is 901. The molecule has 4 rings (SSSR count). The van der Waals surface area contributed by atoms with Gasteiger partial charge in [-0.05, 0) is 24.1 Å². The molecular formula is C21H22FN3O2. The number of aromatic nitrogens is 1. The lowest BCUT2D eigenvalue weighted by atomic mass is 9.87. The van der Waals surface area contributed by atoms with Crippen LogP contribution in [0.3, 0.4) is 0 Å². The number of hydrogen-bond donors (Lipinski definition) is 0. The summed E-state index contributed by atoms with van der Waals surface area (Å²) in [5.74, 6) is -0.491. The molecule has 0 bridgehead atoms. The van der Waals surface area contributed by atoms with E-state index in [0.29, 0.717) is 19.6 Å². The number of aryl methyl sites for hydroxylation is 1. The lowest BCUT2D eigenvalue weighted by Gasteiger charge is -2.30. The van der Waals surface area contributed by atoms with Crippen molar-refractivity contribution in [3.8, 4) is 0 Å². The second-order valence-corrected chi connectivity index (χ2v) is 7.46. The summed E-state index contributed by atoms with van der Waals surface area (Å²) >= 11 is 0. The first-order valence-electron chi connectivity index (χ1n) is 9.19. The predicted molar refractivity (Wildman–Crippen MR) is 98.4 cm³/mol. The third-order valence-corrected chi connectivity index (χ3v) is 5.87. The van der Waals surface area contributed by atoms with Crippen molar-refractivity contribution >= 4 is 11.8 Å². The fraction of sp³-hybridized carbons (Fsp3) is 0.381. The van der Waals surface area contributed by atoms with Crippen LogP contribution in [0.4, 0.5) is 4.39 Å². The van der Waals surface area contributed by atoms with Crippen molar-refractivity contribution in [2.24, 2.45) is 11.8 Å². The standard InChI is InChI=1S/C21H22FN3O2/c1-13-5-3-4-6-16(13)20-18-12-24(10-15(18)11-25(20)14(2)26)21(27)17-7-8-23-9-19(17)22/h3-9,15,18,20H,10-12H2,1-2H3/t15-,18-,20+/m1/s1. The number of rotatable bonds is 2. The van der Waals surface area contributed by atoms with E-state index in [1.165, 1.54) is 12.3 Å². The molecule has 3 heterocycles. The summed E-state index contributed by atoms with van der Waals surface area (Å²) in [5.41, 5.74) is 2.32. The van der Waals surface area contributed by atoms with Crippen molar-refractivity contribution in [2.45, 2.75) is 19.9 Å². The molecule has 3 atom stereocenters. The van der Waals surface area contributed by atoms with Gasteiger partial charge in [-0.25, -0.2) is 4.39 Å². The van der Waals surface area contributed by atoms with Gasteiger partial charge in [-0.1, -0.05) is 24.3 Å². The molecule has 2 aliphatic heterocycles. The highest BCUT2D eigenvalue weighted by Crippen LogP contribution is 2.46. The van der Waals surface area contributed by atoms with Crippen LogP contribution in [-0.2, 0) is 4.79 Å². The molecule has 0 N–H and O–H groups in total. The maximum absolute atomic E-state index is 14.0. The van der Waals surface area contributed by atoms with E-state index in [1.54, 1.807) is 11.8 Å². The van der Waals surface area contributed by atoms with Gasteiger partial charge in [-0.2, -0.15) is 0 Å². The smallest absolute Gasteiger partial charge is 0.256 e. The Labute approximate surface area is 157 Å². The number of halogens is 1. The maximum atomic E-state index is 14.0. The molecule has 6 heteroatoms. The second-order valence-electron chi connectivity index (χ2n) is 7.46. The average Bonchev–Trinajstić information content (AvgIpc) is 3.20. The number of carbonyl (C=O) groups excluding carboxylic acids is 2. The number of hydrogen-bond acceptors (Lipinski definition) is 3. The van der Waals surface area contributed by atoms with Gasteiger partial charge in [0.05, 0.1) is 17.8 Å². The van der Waals surface area contributed by atoms with Gasteiger partial charge in [-0.15, -0.1) is 0 Å². The van der Waals surface area contributed by atoms with Crippen LogP contribution in [-0.4, -0.2) is 46.2 Å². The molecule has 0 unspecified atom stereocenters. The van der Waals surface area contributed by atoms with Crippen molar-refractivity contribution in [1.82, 2.24) is 14.8 Å². The van der Waals surface area contributed by atoms with E-state index in [0.717, 1.165) is 17.3 Å². The summed E-state index contributed by atoms with van der Waals surface area (Å²) in [7, 11) is 0. The molecule has 0 spiro atoms. The Morgan fingerprint density at radius 2 is 1.93 bits per heavy atom. The van der Waals surface area contributed by atoms with E-state index >= 15 is 0 Å². The molecule has 2 aliphatic rings. The summed E-state index contributed by atoms with van der Waals surface area (Å²) in [6.07, 6.45) is 2.50. The minimum atomic E-state index is -0.597. The van der Waals surface area contributed by atoms with Crippen molar-refractivity contribution in [3.05, 3.63) is 65.2 Å². The first-order valence-corrected chi connectivity index (χ1v) is 9.19. The lowest BCUT2D eigenvalue weighted by molar-refractivity contribution is -0.130. The number of carbonyl (C=O) groups is 2. The molecule has 2 amide bonds. The highest BCUT2D eigenvalue weighted by molar-refractivity contribution is 5.94. The van der Waals surface area contributed by atoms with E-state index in [1.807, 2.05) is 30.0 Å². The fourth-order valence-corrected chi connectivity index (χ4v) is 4.57. The van der Waals surface area contributed by atoms with Crippen LogP contribution in [0.5, 0.6) is 0 Å². The summed E-state index contributed by atoms with van der Waals surface area (Å²) in [6, 6.07) is 9.45. The molecular weight excluding hydrogens is 345 g/mol. The summed E-state index contributed by atoms with van der Waals surface area (Å²) < 4.78 is 14.0. The third kappa shape index (κ3) is 2.99. The van der Waals surface area contributed by atoms with Crippen LogP contribution < -0.4 is 0 Å². The second kappa shape index (κ2) is 6.76. The first kappa shape index (κ1) is 17.6. The molecule has 2 saturated heterocycles. The Morgan fingerprint density at radius 3 is 2.63 bits per heavy atom. The van der Waals surface area contributed by atoms with E-state index in [2.05, 4.69) is 11.1 Å². The molecule has 2 fully saturated rings. The number of likely N-dealkylation sites (tertiary alicyclic amines) is 2. The fourth-order valence-electron chi connectivity index (χ4n) is 4.57. The Morgan fingerprint density at radius 1 is 1.15 bits per heavy atom. The zero-order chi connectivity index (χ0) is 19.1. The summed E-state index contributed by atoms with van der Waals surface area (Å²) in [6.45, 7) is 5.33. The van der Waals surface area contributed by atoms with Crippen LogP contribution >= 0.6 is 0 Å². The zero-order valence-corrected chi connectivity index (χ0v) is 15.4. The lowest BCUT2D eigenvalue weighted by Crippen LogP contribution is -2.37. The normalized spacial score (nSPS) is 24.2. The molecule has 2 aromatic rings. The van der Waals surface area contributed by atoms with Crippen molar-refractivity contribution < 1.29 is 14.0 Å². The van der Waals surface area contributed by atoms with Crippen LogP contribution in [0.1, 0.15) is 34.5 Å². The van der Waals surface area contributed by atoms with Gasteiger partial charge >= 0.3 is 0 Å². The van der Waals surface area contributed by atoms with Gasteiger partial charge < -0.3 is 9.80 Å². The Kier molecular flexibility index (Phi) is 4.42. The van der Waals surface area contributed by atoms with E-state index in [9.17, 15) is 14.0 Å². The number of amides is 2. The summed E-state index contributed by atoms with van der Waals surface area (Å²) in [5, 5.41) is 0. The predicted octanol–water partition coefficient (Wildman–Crippen LogP) is 2.82. The summed E-state index contributed by atoms with van der Waals surface area (Å²) in [4.78, 5) is 32.4. The quantitative estimate of drug-likeness (QED) is 0.820. The minimum Gasteiger partial charge on any atom is -0.338 e. The molecule has 140 valence electrons. The molecule has 5 nitrogen and oxygen atoms in total. The molecule has 0 aliphatic carbocycles. The van der Waals surface area contributed by atoms with Gasteiger partial charge in [0, 0.05) is 44.6 Å². The van der Waals surface area contributed by atoms with Crippen molar-refractivity contribution in [1.29, 1.82) is 0 Å². The highest BCUT2D eigenvalue weighted by Gasteiger charge is 2.49. The number of pyridine rings is 1. The Hall–Kier alpha value is -2.76. The maximum Gasteiger partial charge on any atom is 0.256 e. The SMILES string of the molecule is CC(=O)N1C[C@H]2CN(C(=O)c3ccncc3F)C[C@H]2[C@@H]1c1ccccc1C. The average molecular weight is 367 g/mol. The number of benzene rings is 1. The largest absolute Gasteiger partial charge is 0.338 e. The zero-order valence-electron chi connectivity index (χ0n) is 15.4. The molecule has 0 saturated carbocycles. The van der Waals surface area contributed by atoms with Crippen molar-refractivity contribution in [3.63, 3.8) is 0 Å². The van der Waals surface area contributed by atoms with Gasteiger partial charge in [-0.3, -0.25) is 14.6 Å². The third-order valence-electron chi connectivity index (χ3n) is 5.87. The minimum absolute atomic E-state index is 0.0474. The number of fused-ring (bicyclic) bond motifs is 1. The van der Waals surface area contributed by atoms with Crippen LogP contribution in [0.25, 0.3) is 0 Å². The first-order chi connectivity index (χ1) is 13.0. The van der Waals surface area contributed by atoms with E-state index in [4.69, 9.17) is 0 Å². The van der Waals surface area contributed by atoms with Crippen LogP contribution in [0, 0.1) is 24.6 Å². The van der Waals surface area contributed by atoms with Gasteiger partial charge in [0.15, 0.2) is 5.82 Å². The van der Waals surface area contributed by atoms with Gasteiger partial charge in [0.2, 0.25) is 5.91 Å². The molecule has 1 aromatic heterocycles. The van der Waals surface area contributed by atoms with Gasteiger partial charge in [0.25, 0.3) is 5.91 Å². The highest BCUT2D eigenvalue weighted by atomic mass is 19.1.